The fourth-order valence-electron chi connectivity index (χ4n) is 2.90. The van der Waals surface area contributed by atoms with E-state index in [0.29, 0.717) is 16.9 Å². The highest BCUT2D eigenvalue weighted by Crippen LogP contribution is 2.25. The van der Waals surface area contributed by atoms with Gasteiger partial charge in [-0.15, -0.1) is 10.2 Å². The zero-order chi connectivity index (χ0) is 20.2. The van der Waals surface area contributed by atoms with Crippen molar-refractivity contribution in [2.24, 2.45) is 5.10 Å². The molecule has 0 bridgehead atoms. The Morgan fingerprint density at radius 2 is 1.86 bits per heavy atom. The first kappa shape index (κ1) is 18.2. The zero-order valence-electron chi connectivity index (χ0n) is 15.5. The summed E-state index contributed by atoms with van der Waals surface area (Å²) in [5.74, 6) is 0.870. The van der Waals surface area contributed by atoms with E-state index >= 15 is 0 Å². The molecule has 0 aliphatic heterocycles. The van der Waals surface area contributed by atoms with Crippen LogP contribution in [0.4, 0.5) is 5.95 Å². The summed E-state index contributed by atoms with van der Waals surface area (Å²) in [5, 5.41) is 24.0. The molecule has 4 aromatic rings. The Labute approximate surface area is 165 Å². The van der Waals surface area contributed by atoms with Crippen molar-refractivity contribution < 1.29 is 9.84 Å². The average molecular weight is 387 g/mol. The molecule has 0 unspecified atom stereocenters. The molecule has 8 nitrogen and oxygen atoms in total. The van der Waals surface area contributed by atoms with Gasteiger partial charge in [0.25, 0.3) is 5.56 Å². The van der Waals surface area contributed by atoms with Crippen molar-refractivity contribution in [1.29, 1.82) is 0 Å². The number of nitrogens with one attached hydrogen (secondary N) is 2. The van der Waals surface area contributed by atoms with Crippen molar-refractivity contribution >= 4 is 22.9 Å². The third kappa shape index (κ3) is 3.77. The van der Waals surface area contributed by atoms with Crippen molar-refractivity contribution in [3.8, 4) is 22.8 Å². The number of fused-ring (bicyclic) bond motifs is 1. The van der Waals surface area contributed by atoms with Gasteiger partial charge in [-0.05, 0) is 41.1 Å². The Kier molecular flexibility index (Phi) is 4.90. The van der Waals surface area contributed by atoms with Crippen LogP contribution in [0.1, 0.15) is 5.56 Å². The molecule has 29 heavy (non-hydrogen) atoms. The molecule has 0 atom stereocenters. The second-order valence-electron chi connectivity index (χ2n) is 6.17. The van der Waals surface area contributed by atoms with Gasteiger partial charge in [-0.2, -0.15) is 5.10 Å². The molecule has 0 amide bonds. The predicted octanol–water partition coefficient (Wildman–Crippen LogP) is 3.15. The second-order valence-corrected chi connectivity index (χ2v) is 6.17. The van der Waals surface area contributed by atoms with E-state index in [1.54, 1.807) is 37.4 Å². The van der Waals surface area contributed by atoms with Crippen LogP contribution in [0.15, 0.2) is 70.6 Å². The molecule has 4 rings (SSSR count). The number of nitrogens with zero attached hydrogens (tertiary/aromatic N) is 3. The Hall–Kier alpha value is -4.20. The lowest BCUT2D eigenvalue weighted by atomic mass is 10.0. The largest absolute Gasteiger partial charge is 0.507 e. The third-order valence-corrected chi connectivity index (χ3v) is 4.37. The minimum absolute atomic E-state index is 0.0863. The van der Waals surface area contributed by atoms with E-state index in [2.05, 4.69) is 25.7 Å². The quantitative estimate of drug-likeness (QED) is 0.358. The lowest BCUT2D eigenvalue weighted by molar-refractivity contribution is 0.415. The Balaban J connectivity index is 1.56. The molecular weight excluding hydrogens is 370 g/mol. The lowest BCUT2D eigenvalue weighted by Gasteiger charge is -2.05. The molecule has 1 heterocycles. The number of phenols is 1. The Morgan fingerprint density at radius 1 is 1.07 bits per heavy atom. The van der Waals surface area contributed by atoms with Crippen LogP contribution in [-0.2, 0) is 0 Å². The standard InChI is InChI=1S/C21H17N5O3/c1-29-15-9-6-14(7-10-15)19-20(28)23-21(26-24-19)25-22-12-17-16-5-3-2-4-13(16)8-11-18(17)27/h2-12,27H,1H3,(H2,23,25,26,28)/b22-12+. The van der Waals surface area contributed by atoms with E-state index in [4.69, 9.17) is 4.74 Å². The molecular formula is C21H17N5O3. The summed E-state index contributed by atoms with van der Waals surface area (Å²) >= 11 is 0. The smallest absolute Gasteiger partial charge is 0.279 e. The van der Waals surface area contributed by atoms with Crippen molar-refractivity contribution in [3.05, 3.63) is 76.6 Å². The number of aromatic amines is 1. The van der Waals surface area contributed by atoms with Crippen molar-refractivity contribution in [2.75, 3.05) is 12.5 Å². The number of phenolic OH excluding ortho intramolecular Hbond substituents is 1. The molecule has 0 saturated carbocycles. The summed E-state index contributed by atoms with van der Waals surface area (Å²) < 4.78 is 5.10. The van der Waals surface area contributed by atoms with E-state index in [1.807, 2.05) is 30.3 Å². The maximum absolute atomic E-state index is 12.3. The summed E-state index contributed by atoms with van der Waals surface area (Å²) in [7, 11) is 1.57. The highest BCUT2D eigenvalue weighted by molar-refractivity contribution is 6.02. The molecule has 0 aliphatic rings. The first-order valence-corrected chi connectivity index (χ1v) is 8.77. The summed E-state index contributed by atoms with van der Waals surface area (Å²) in [4.78, 5) is 14.9. The Morgan fingerprint density at radius 3 is 2.62 bits per heavy atom. The molecule has 8 heteroatoms. The fourth-order valence-corrected chi connectivity index (χ4v) is 2.90. The number of methoxy groups -OCH3 is 1. The van der Waals surface area contributed by atoms with Gasteiger partial charge in [0.05, 0.1) is 13.3 Å². The number of aromatic nitrogens is 3. The first-order valence-electron chi connectivity index (χ1n) is 8.77. The molecule has 144 valence electrons. The normalized spacial score (nSPS) is 11.1. The number of ether oxygens (including phenoxy) is 1. The fraction of sp³-hybridized carbons (Fsp3) is 0.0476. The van der Waals surface area contributed by atoms with E-state index < -0.39 is 5.56 Å². The van der Waals surface area contributed by atoms with E-state index in [-0.39, 0.29) is 17.4 Å². The van der Waals surface area contributed by atoms with Gasteiger partial charge in [0.2, 0.25) is 5.95 Å². The molecule has 3 aromatic carbocycles. The van der Waals surface area contributed by atoms with Crippen LogP contribution in [0, 0.1) is 0 Å². The van der Waals surface area contributed by atoms with Gasteiger partial charge in [-0.3, -0.25) is 9.78 Å². The van der Waals surface area contributed by atoms with Crippen molar-refractivity contribution in [1.82, 2.24) is 15.2 Å². The van der Waals surface area contributed by atoms with Gasteiger partial charge in [0.15, 0.2) is 5.69 Å². The highest BCUT2D eigenvalue weighted by Gasteiger charge is 2.08. The SMILES string of the molecule is COc1ccc(-c2nnc(N/N=C/c3c(O)ccc4ccccc34)[nH]c2=O)cc1. The van der Waals surface area contributed by atoms with Gasteiger partial charge in [0.1, 0.15) is 11.5 Å². The maximum atomic E-state index is 12.3. The van der Waals surface area contributed by atoms with Gasteiger partial charge in [-0.1, -0.05) is 30.3 Å². The van der Waals surface area contributed by atoms with Gasteiger partial charge < -0.3 is 9.84 Å². The van der Waals surface area contributed by atoms with Gasteiger partial charge in [-0.25, -0.2) is 5.43 Å². The van der Waals surface area contributed by atoms with Gasteiger partial charge >= 0.3 is 0 Å². The van der Waals surface area contributed by atoms with Crippen molar-refractivity contribution in [3.63, 3.8) is 0 Å². The second kappa shape index (κ2) is 7.81. The first-order chi connectivity index (χ1) is 14.2. The van der Waals surface area contributed by atoms with E-state index in [1.165, 1.54) is 6.21 Å². The number of H-pyrrole nitrogens is 1. The van der Waals surface area contributed by atoms with Crippen molar-refractivity contribution in [2.45, 2.75) is 0 Å². The van der Waals surface area contributed by atoms with Crippen LogP contribution in [0.2, 0.25) is 0 Å². The zero-order valence-corrected chi connectivity index (χ0v) is 15.5. The molecule has 0 radical (unpaired) electrons. The van der Waals surface area contributed by atoms with Crippen LogP contribution in [0.25, 0.3) is 22.0 Å². The maximum Gasteiger partial charge on any atom is 0.279 e. The number of rotatable bonds is 5. The Bertz CT molecular complexity index is 1250. The van der Waals surface area contributed by atoms with Crippen LogP contribution in [0.5, 0.6) is 11.5 Å². The topological polar surface area (TPSA) is 112 Å². The van der Waals surface area contributed by atoms with E-state index in [0.717, 1.165) is 10.8 Å². The summed E-state index contributed by atoms with van der Waals surface area (Å²) in [6, 6.07) is 18.0. The molecule has 0 spiro atoms. The number of hydrogen-bond acceptors (Lipinski definition) is 7. The number of hydrogen-bond donors (Lipinski definition) is 3. The van der Waals surface area contributed by atoms with Crippen LogP contribution in [0.3, 0.4) is 0 Å². The third-order valence-electron chi connectivity index (χ3n) is 4.37. The predicted molar refractivity (Wildman–Crippen MR) is 111 cm³/mol. The van der Waals surface area contributed by atoms with Crippen LogP contribution >= 0.6 is 0 Å². The van der Waals surface area contributed by atoms with Gasteiger partial charge in [0, 0.05) is 11.1 Å². The molecule has 1 aromatic heterocycles. The summed E-state index contributed by atoms with van der Waals surface area (Å²) in [5.41, 5.74) is 3.59. The monoisotopic (exact) mass is 387 g/mol. The molecule has 0 aliphatic carbocycles. The highest BCUT2D eigenvalue weighted by atomic mass is 16.5. The minimum Gasteiger partial charge on any atom is -0.507 e. The summed E-state index contributed by atoms with van der Waals surface area (Å²) in [6.45, 7) is 0. The van der Waals surface area contributed by atoms with E-state index in [9.17, 15) is 9.90 Å². The molecule has 3 N–H and O–H groups in total. The lowest BCUT2D eigenvalue weighted by Crippen LogP contribution is -2.15. The summed E-state index contributed by atoms with van der Waals surface area (Å²) in [6.07, 6.45) is 1.47. The average Bonchev–Trinajstić information content (AvgIpc) is 2.75. The number of hydrazone groups is 1. The number of benzene rings is 3. The molecule has 0 saturated heterocycles. The van der Waals surface area contributed by atoms with Crippen LogP contribution < -0.4 is 15.7 Å². The number of aromatic hydroxyl groups is 1. The minimum atomic E-state index is -0.407. The van der Waals surface area contributed by atoms with Crippen LogP contribution in [-0.4, -0.2) is 33.6 Å². The number of anilines is 1. The molecule has 0 fully saturated rings.